The highest BCUT2D eigenvalue weighted by Gasteiger charge is 2.63. The molecule has 1 saturated heterocycles. The van der Waals surface area contributed by atoms with Gasteiger partial charge >= 0.3 is 0 Å². The molecule has 0 amide bonds. The summed E-state index contributed by atoms with van der Waals surface area (Å²) in [5.41, 5.74) is -2.11. The molecule has 9 N–H and O–H groups in total. The molecular weight excluding hydrogens is 344 g/mol. The Bertz CT molecular complexity index is 533. The normalized spacial score (nSPS) is 52.5. The highest BCUT2D eigenvalue weighted by molar-refractivity contribution is 5.76. The topological polar surface area (TPSA) is 205 Å². The average Bonchev–Trinajstić information content (AvgIpc) is 3.10. The minimum atomic E-state index is -2.11. The van der Waals surface area contributed by atoms with Gasteiger partial charge in [0.2, 0.25) is 0 Å². The smallest absolute Gasteiger partial charge is 0.287 e. The third kappa shape index (κ3) is 2.79. The third-order valence-electron chi connectivity index (χ3n) is 4.91. The van der Waals surface area contributed by atoms with Gasteiger partial charge in [-0.2, -0.15) is 0 Å². The summed E-state index contributed by atoms with van der Waals surface area (Å²) < 4.78 is 10.5. The SMILES string of the molecule is OC[C@H]1O[C@H](NC2=N[C@@H]3[C@@H](O2)[C@@H](O)[C@H](O)[C@]3(O)CO)[C@H](O)[C@@H](O)[C@@H]1O. The molecule has 1 saturated carbocycles. The molecule has 1 aliphatic carbocycles. The van der Waals surface area contributed by atoms with Gasteiger partial charge in [-0.1, -0.05) is 0 Å². The van der Waals surface area contributed by atoms with E-state index in [1.807, 2.05) is 0 Å². The van der Waals surface area contributed by atoms with Crippen LogP contribution < -0.4 is 5.32 Å². The molecule has 12 heteroatoms. The van der Waals surface area contributed by atoms with Gasteiger partial charge in [-0.05, 0) is 0 Å². The van der Waals surface area contributed by atoms with E-state index in [0.717, 1.165) is 0 Å². The Labute approximate surface area is 141 Å². The monoisotopic (exact) mass is 366 g/mol. The summed E-state index contributed by atoms with van der Waals surface area (Å²) in [4.78, 5) is 3.95. The number of aliphatic hydroxyl groups excluding tert-OH is 7. The van der Waals surface area contributed by atoms with Gasteiger partial charge < -0.3 is 55.6 Å². The number of ether oxygens (including phenoxy) is 2. The maximum atomic E-state index is 10.3. The van der Waals surface area contributed by atoms with Gasteiger partial charge in [0, 0.05) is 0 Å². The Hall–Kier alpha value is -1.09. The molecule has 2 fully saturated rings. The van der Waals surface area contributed by atoms with E-state index in [2.05, 4.69) is 10.3 Å². The van der Waals surface area contributed by atoms with Gasteiger partial charge in [0.1, 0.15) is 48.3 Å². The number of nitrogens with zero attached hydrogens (tertiary/aromatic N) is 1. The molecule has 0 aromatic rings. The minimum absolute atomic E-state index is 0.267. The van der Waals surface area contributed by atoms with Crippen molar-refractivity contribution in [3.63, 3.8) is 0 Å². The Morgan fingerprint density at radius 2 is 1.68 bits per heavy atom. The van der Waals surface area contributed by atoms with Crippen molar-refractivity contribution in [3.8, 4) is 0 Å². The summed E-state index contributed by atoms with van der Waals surface area (Å²) in [5, 5.41) is 80.4. The molecule has 3 aliphatic rings. The lowest BCUT2D eigenvalue weighted by Crippen LogP contribution is -2.63. The van der Waals surface area contributed by atoms with Crippen molar-refractivity contribution in [2.24, 2.45) is 4.99 Å². The lowest BCUT2D eigenvalue weighted by Gasteiger charge is -2.40. The maximum Gasteiger partial charge on any atom is 0.287 e. The fourth-order valence-corrected chi connectivity index (χ4v) is 3.33. The van der Waals surface area contributed by atoms with E-state index < -0.39 is 73.8 Å². The van der Waals surface area contributed by atoms with Gasteiger partial charge in [0.15, 0.2) is 12.3 Å². The lowest BCUT2D eigenvalue weighted by molar-refractivity contribution is -0.233. The summed E-state index contributed by atoms with van der Waals surface area (Å²) in [6.45, 7) is -1.48. The first-order valence-electron chi connectivity index (χ1n) is 7.75. The largest absolute Gasteiger partial charge is 0.457 e. The standard InChI is InChI=1S/C13H22N2O10/c16-1-3-4(18)5(19)6(20)11(24-3)15-12-14-9-8(25-12)7(21)10(22)13(9,23)2-17/h3-11,16-23H,1-2H2,(H,14,15)/t3-,4-,5+,6-,7-,8+,9-,10+,11+,13+/m1/s1. The van der Waals surface area contributed by atoms with E-state index in [9.17, 15) is 35.7 Å². The molecule has 0 bridgehead atoms. The van der Waals surface area contributed by atoms with E-state index in [4.69, 9.17) is 14.6 Å². The quantitative estimate of drug-likeness (QED) is 0.230. The van der Waals surface area contributed by atoms with Gasteiger partial charge in [-0.15, -0.1) is 0 Å². The lowest BCUT2D eigenvalue weighted by atomic mass is 9.97. The summed E-state index contributed by atoms with van der Waals surface area (Å²) >= 11 is 0. The number of hydrogen-bond donors (Lipinski definition) is 9. The van der Waals surface area contributed by atoms with Crippen LogP contribution in [-0.4, -0.2) is 121 Å². The Balaban J connectivity index is 1.74. The second kappa shape index (κ2) is 6.57. The zero-order chi connectivity index (χ0) is 18.5. The van der Waals surface area contributed by atoms with Crippen LogP contribution in [0.2, 0.25) is 0 Å². The third-order valence-corrected chi connectivity index (χ3v) is 4.91. The van der Waals surface area contributed by atoms with E-state index >= 15 is 0 Å². The van der Waals surface area contributed by atoms with Crippen LogP contribution >= 0.6 is 0 Å². The molecule has 0 aromatic heterocycles. The molecule has 0 radical (unpaired) electrons. The van der Waals surface area contributed by atoms with Crippen LogP contribution in [-0.2, 0) is 9.47 Å². The summed E-state index contributed by atoms with van der Waals surface area (Å²) in [6.07, 6.45) is -11.5. The zero-order valence-corrected chi connectivity index (χ0v) is 13.0. The summed E-state index contributed by atoms with van der Waals surface area (Å²) in [5.74, 6) is 0. The number of nitrogens with one attached hydrogen (secondary N) is 1. The molecule has 144 valence electrons. The van der Waals surface area contributed by atoms with E-state index in [1.54, 1.807) is 0 Å². The number of fused-ring (bicyclic) bond motifs is 1. The van der Waals surface area contributed by atoms with Crippen molar-refractivity contribution in [2.45, 2.75) is 60.6 Å². The van der Waals surface area contributed by atoms with Gasteiger partial charge in [0.05, 0.1) is 13.2 Å². The molecule has 2 aliphatic heterocycles. The highest BCUT2D eigenvalue weighted by Crippen LogP contribution is 2.38. The predicted octanol–water partition coefficient (Wildman–Crippen LogP) is -6.04. The average molecular weight is 366 g/mol. The van der Waals surface area contributed by atoms with Crippen LogP contribution in [0.1, 0.15) is 0 Å². The Kier molecular flexibility index (Phi) is 4.91. The second-order valence-corrected chi connectivity index (χ2v) is 6.44. The number of amidine groups is 1. The van der Waals surface area contributed by atoms with E-state index in [1.165, 1.54) is 0 Å². The number of aliphatic hydroxyl groups is 8. The summed E-state index contributed by atoms with van der Waals surface area (Å²) in [7, 11) is 0. The first-order chi connectivity index (χ1) is 11.7. The van der Waals surface area contributed by atoms with E-state index in [0.29, 0.717) is 0 Å². The van der Waals surface area contributed by atoms with Crippen molar-refractivity contribution < 1.29 is 50.3 Å². The molecule has 3 rings (SSSR count). The van der Waals surface area contributed by atoms with Gasteiger partial charge in [-0.3, -0.25) is 0 Å². The Morgan fingerprint density at radius 1 is 1.00 bits per heavy atom. The molecule has 25 heavy (non-hydrogen) atoms. The summed E-state index contributed by atoms with van der Waals surface area (Å²) in [6, 6.07) is -1.44. The fraction of sp³-hybridized carbons (Fsp3) is 0.923. The molecule has 0 unspecified atom stereocenters. The van der Waals surface area contributed by atoms with Crippen LogP contribution in [0.3, 0.4) is 0 Å². The van der Waals surface area contributed by atoms with E-state index in [-0.39, 0.29) is 6.02 Å². The molecule has 0 aromatic carbocycles. The zero-order valence-electron chi connectivity index (χ0n) is 13.0. The van der Waals surface area contributed by atoms with Crippen molar-refractivity contribution >= 4 is 6.02 Å². The predicted molar refractivity (Wildman–Crippen MR) is 77.0 cm³/mol. The minimum Gasteiger partial charge on any atom is -0.457 e. The first-order valence-corrected chi connectivity index (χ1v) is 7.75. The maximum absolute atomic E-state index is 10.3. The second-order valence-electron chi connectivity index (χ2n) is 6.44. The van der Waals surface area contributed by atoms with Crippen LogP contribution in [0.15, 0.2) is 4.99 Å². The molecule has 10 atom stereocenters. The van der Waals surface area contributed by atoms with Crippen LogP contribution in [0, 0.1) is 0 Å². The van der Waals surface area contributed by atoms with Crippen LogP contribution in [0.25, 0.3) is 0 Å². The van der Waals surface area contributed by atoms with Crippen LogP contribution in [0.5, 0.6) is 0 Å². The van der Waals surface area contributed by atoms with Gasteiger partial charge in [-0.25, -0.2) is 4.99 Å². The Morgan fingerprint density at radius 3 is 2.28 bits per heavy atom. The van der Waals surface area contributed by atoms with Crippen molar-refractivity contribution in [1.82, 2.24) is 5.32 Å². The van der Waals surface area contributed by atoms with Crippen LogP contribution in [0.4, 0.5) is 0 Å². The first kappa shape index (κ1) is 18.7. The van der Waals surface area contributed by atoms with Crippen molar-refractivity contribution in [2.75, 3.05) is 13.2 Å². The van der Waals surface area contributed by atoms with Crippen molar-refractivity contribution in [3.05, 3.63) is 0 Å². The molecule has 12 nitrogen and oxygen atoms in total. The molecule has 2 heterocycles. The van der Waals surface area contributed by atoms with Crippen molar-refractivity contribution in [1.29, 1.82) is 0 Å². The molecular formula is C13H22N2O10. The fourth-order valence-electron chi connectivity index (χ4n) is 3.33. The number of aliphatic imine (C=N–C) groups is 1. The highest BCUT2D eigenvalue weighted by atomic mass is 16.6. The van der Waals surface area contributed by atoms with Gasteiger partial charge in [0.25, 0.3) is 6.02 Å². The number of hydrogen-bond acceptors (Lipinski definition) is 12. The molecule has 0 spiro atoms. The number of rotatable bonds is 3.